The van der Waals surface area contributed by atoms with Crippen molar-refractivity contribution < 1.29 is 65.5 Å². The summed E-state index contributed by atoms with van der Waals surface area (Å²) in [5.74, 6) is -1.55. The number of rotatable bonds is 10. The topological polar surface area (TPSA) is 216 Å². The number of nitrogens with one attached hydrogen (secondary N) is 2. The first-order chi connectivity index (χ1) is 19.0. The van der Waals surface area contributed by atoms with Crippen molar-refractivity contribution in [2.24, 2.45) is 0 Å². The predicted octanol–water partition coefficient (Wildman–Crippen LogP) is 3.92. The molecule has 0 aliphatic heterocycles. The van der Waals surface area contributed by atoms with E-state index in [1.807, 2.05) is 30.3 Å². The molecule has 0 aliphatic carbocycles. The Balaban J connectivity index is -0.000000596. The molecule has 0 aliphatic rings. The minimum absolute atomic E-state index is 0.143. The molecule has 41 heavy (non-hydrogen) atoms. The molecule has 2 atom stereocenters. The van der Waals surface area contributed by atoms with Gasteiger partial charge in [0.15, 0.2) is 0 Å². The van der Waals surface area contributed by atoms with E-state index in [9.17, 15) is 18.7 Å². The van der Waals surface area contributed by atoms with Crippen LogP contribution < -0.4 is 10.6 Å². The smallest absolute Gasteiger partial charge is 0.408 e. The fourth-order valence-electron chi connectivity index (χ4n) is 2.35. The highest BCUT2D eigenvalue weighted by atomic mass is 31.2. The van der Waals surface area contributed by atoms with Gasteiger partial charge in [0.2, 0.25) is 0 Å². The Morgan fingerprint density at radius 1 is 0.756 bits per heavy atom. The molecule has 0 bridgehead atoms. The Hall–Kier alpha value is -3.18. The van der Waals surface area contributed by atoms with E-state index in [1.165, 1.54) is 42.3 Å². The molecule has 16 nitrogen and oxygen atoms in total. The van der Waals surface area contributed by atoms with E-state index in [0.717, 1.165) is 5.56 Å². The normalized spacial score (nSPS) is 11.9. The van der Waals surface area contributed by atoms with Gasteiger partial charge in [-0.2, -0.15) is 19.2 Å². The SMILES string of the molecule is COP(=O)(OC)C(C)NC(=O)OC(C)(C)C.COP(=O)(OC)C(C)NC(=O)OCc1ccccc1.O=C=O.O=C=O. The second-order valence-corrected chi connectivity index (χ2v) is 13.4. The largest absolute Gasteiger partial charge is 0.445 e. The Kier molecular flexibility index (Phi) is 23.2. The van der Waals surface area contributed by atoms with E-state index in [0.29, 0.717) is 0 Å². The second-order valence-electron chi connectivity index (χ2n) is 8.18. The fourth-order valence-corrected chi connectivity index (χ4v) is 4.44. The number of amides is 2. The molecular weight excluding hydrogens is 590 g/mol. The van der Waals surface area contributed by atoms with E-state index < -0.39 is 44.5 Å². The average molecular weight is 629 g/mol. The number of benzene rings is 1. The van der Waals surface area contributed by atoms with Crippen molar-refractivity contribution in [3.05, 3.63) is 35.9 Å². The zero-order valence-corrected chi connectivity index (χ0v) is 26.1. The third kappa shape index (κ3) is 20.4. The maximum Gasteiger partial charge on any atom is 0.408 e. The maximum absolute atomic E-state index is 11.9. The van der Waals surface area contributed by atoms with Gasteiger partial charge in [0.1, 0.15) is 23.8 Å². The van der Waals surface area contributed by atoms with E-state index >= 15 is 0 Å². The summed E-state index contributed by atoms with van der Waals surface area (Å²) in [6.45, 7) is 8.41. The molecule has 234 valence electrons. The lowest BCUT2D eigenvalue weighted by Crippen LogP contribution is -2.38. The lowest BCUT2D eigenvalue weighted by molar-refractivity contribution is -0.193. The van der Waals surface area contributed by atoms with Crippen LogP contribution in [0.2, 0.25) is 0 Å². The molecule has 1 rings (SSSR count). The lowest BCUT2D eigenvalue weighted by Gasteiger charge is -2.24. The van der Waals surface area contributed by atoms with Crippen LogP contribution in [0.3, 0.4) is 0 Å². The maximum atomic E-state index is 11.9. The molecule has 0 fully saturated rings. The van der Waals surface area contributed by atoms with Crippen molar-refractivity contribution in [2.75, 3.05) is 28.4 Å². The van der Waals surface area contributed by atoms with Crippen molar-refractivity contribution in [3.63, 3.8) is 0 Å². The van der Waals surface area contributed by atoms with Gasteiger partial charge < -0.3 is 38.2 Å². The summed E-state index contributed by atoms with van der Waals surface area (Å²) in [5, 5.41) is 4.82. The highest BCUT2D eigenvalue weighted by molar-refractivity contribution is 7.54. The molecular formula is C23H38N2O14P2. The van der Waals surface area contributed by atoms with Crippen LogP contribution in [-0.2, 0) is 62.5 Å². The predicted molar refractivity (Wildman–Crippen MR) is 141 cm³/mol. The van der Waals surface area contributed by atoms with Crippen LogP contribution in [0.1, 0.15) is 40.2 Å². The molecule has 2 amide bonds. The molecule has 2 unspecified atom stereocenters. The Morgan fingerprint density at radius 3 is 1.41 bits per heavy atom. The first-order valence-corrected chi connectivity index (χ1v) is 14.6. The molecule has 0 radical (unpaired) electrons. The van der Waals surface area contributed by atoms with Crippen molar-refractivity contribution in [1.82, 2.24) is 10.6 Å². The molecule has 18 heteroatoms. The summed E-state index contributed by atoms with van der Waals surface area (Å²) in [6.07, 6.45) is -0.833. The summed E-state index contributed by atoms with van der Waals surface area (Å²) in [7, 11) is -1.59. The van der Waals surface area contributed by atoms with Gasteiger partial charge >= 0.3 is 39.7 Å². The minimum Gasteiger partial charge on any atom is -0.445 e. The molecule has 0 saturated heterocycles. The first-order valence-electron chi connectivity index (χ1n) is 11.4. The molecule has 2 N–H and O–H groups in total. The van der Waals surface area contributed by atoms with Gasteiger partial charge in [0, 0.05) is 28.4 Å². The summed E-state index contributed by atoms with van der Waals surface area (Å²) in [4.78, 5) is 55.4. The van der Waals surface area contributed by atoms with Gasteiger partial charge in [-0.15, -0.1) is 0 Å². The Labute approximate surface area is 238 Å². The van der Waals surface area contributed by atoms with Crippen molar-refractivity contribution >= 4 is 39.7 Å². The number of alkyl carbamates (subject to hydrolysis) is 2. The number of ether oxygens (including phenoxy) is 2. The molecule has 0 saturated carbocycles. The van der Waals surface area contributed by atoms with Crippen molar-refractivity contribution in [3.8, 4) is 0 Å². The van der Waals surface area contributed by atoms with Gasteiger partial charge in [-0.3, -0.25) is 9.13 Å². The first kappa shape index (κ1) is 42.3. The molecule has 1 aromatic rings. The van der Waals surface area contributed by atoms with Gasteiger partial charge in [-0.05, 0) is 40.2 Å². The fraction of sp³-hybridized carbons (Fsp3) is 0.565. The standard InChI is InChI=1S/C12H18NO5P.C9H20NO5P.2CO2/c1-10(19(15,16-2)17-3)13-12(14)18-9-11-7-5-4-6-8-11;1-7(16(12,13-5)14-6)10-8(11)15-9(2,3)4;2*2-1-3/h4-8,10H,9H2,1-3H3,(H,13,14);7H,1-6H3,(H,10,11);;. The zero-order valence-electron chi connectivity index (χ0n) is 24.4. The summed E-state index contributed by atoms with van der Waals surface area (Å²) in [6, 6.07) is 9.25. The van der Waals surface area contributed by atoms with Gasteiger partial charge in [-0.25, -0.2) is 9.59 Å². The number of carbonyl (C=O) groups is 2. The minimum atomic E-state index is -3.33. The molecule has 0 heterocycles. The highest BCUT2D eigenvalue weighted by Gasteiger charge is 2.33. The molecule has 1 aromatic carbocycles. The highest BCUT2D eigenvalue weighted by Crippen LogP contribution is 2.50. The monoisotopic (exact) mass is 628 g/mol. The van der Waals surface area contributed by atoms with E-state index in [4.69, 9.17) is 46.7 Å². The van der Waals surface area contributed by atoms with Crippen LogP contribution in [0.4, 0.5) is 9.59 Å². The Bertz CT molecular complexity index is 1020. The third-order valence-corrected chi connectivity index (χ3v) is 8.42. The number of carbonyl (C=O) groups excluding carboxylic acids is 6. The quantitative estimate of drug-likeness (QED) is 0.351. The summed E-state index contributed by atoms with van der Waals surface area (Å²) in [5.41, 5.74) is 0.264. The number of hydrogen-bond acceptors (Lipinski definition) is 14. The van der Waals surface area contributed by atoms with E-state index in [-0.39, 0.29) is 18.9 Å². The van der Waals surface area contributed by atoms with Gasteiger partial charge in [0.05, 0.1) is 0 Å². The van der Waals surface area contributed by atoms with Crippen molar-refractivity contribution in [1.29, 1.82) is 0 Å². The van der Waals surface area contributed by atoms with Crippen LogP contribution in [-0.4, -0.2) is 70.1 Å². The van der Waals surface area contributed by atoms with Gasteiger partial charge in [0.25, 0.3) is 0 Å². The van der Waals surface area contributed by atoms with Crippen LogP contribution in [0.5, 0.6) is 0 Å². The van der Waals surface area contributed by atoms with Crippen LogP contribution in [0.15, 0.2) is 30.3 Å². The van der Waals surface area contributed by atoms with Crippen LogP contribution >= 0.6 is 15.2 Å². The second kappa shape index (κ2) is 22.5. The molecule has 0 aromatic heterocycles. The van der Waals surface area contributed by atoms with E-state index in [1.54, 1.807) is 20.8 Å². The average Bonchev–Trinajstić information content (AvgIpc) is 2.91. The summed E-state index contributed by atoms with van der Waals surface area (Å²) < 4.78 is 52.8. The zero-order chi connectivity index (χ0) is 32.7. The van der Waals surface area contributed by atoms with Crippen LogP contribution in [0, 0.1) is 0 Å². The Morgan fingerprint density at radius 2 is 1.10 bits per heavy atom. The summed E-state index contributed by atoms with van der Waals surface area (Å²) >= 11 is 0. The molecule has 0 spiro atoms. The number of hydrogen-bond donors (Lipinski definition) is 2. The van der Waals surface area contributed by atoms with Crippen molar-refractivity contribution in [2.45, 2.75) is 58.4 Å². The van der Waals surface area contributed by atoms with E-state index in [2.05, 4.69) is 10.6 Å². The van der Waals surface area contributed by atoms with Crippen LogP contribution in [0.25, 0.3) is 0 Å². The third-order valence-electron chi connectivity index (χ3n) is 4.23. The lowest BCUT2D eigenvalue weighted by atomic mass is 10.2. The van der Waals surface area contributed by atoms with Gasteiger partial charge in [-0.1, -0.05) is 30.3 Å².